The van der Waals surface area contributed by atoms with Gasteiger partial charge < -0.3 is 14.7 Å². The fourth-order valence-corrected chi connectivity index (χ4v) is 6.04. The topological polar surface area (TPSA) is 32.7 Å². The molecule has 2 unspecified atom stereocenters. The Labute approximate surface area is 240 Å². The van der Waals surface area contributed by atoms with Crippen molar-refractivity contribution in [2.75, 3.05) is 31.2 Å². The lowest BCUT2D eigenvalue weighted by molar-refractivity contribution is 0.0571. The first-order valence-corrected chi connectivity index (χ1v) is 15.3. The number of aliphatic hydroxyl groups is 1. The standard InChI is InChI=1S/C34H49NO2.C2H6/c1-8-12-17-34(16-9-2)25-28(22-26(5)27(6)24-33(7,36)11-4)30(10-3)31-15-14-29(23-32(31)34)35-18-13-20-37-21-19-35;1-2/h8,10,14-15,22-23,36H,1,5-6,9,11-13,16-21,24-25H2,2-4,7H3;1-2H3/b28-22-,30-10+;. The molecule has 1 aliphatic carbocycles. The highest BCUT2D eigenvalue weighted by Crippen LogP contribution is 2.51. The molecule has 3 nitrogen and oxygen atoms in total. The quantitative estimate of drug-likeness (QED) is 0.227. The molecule has 0 spiro atoms. The lowest BCUT2D eigenvalue weighted by Gasteiger charge is -2.43. The largest absolute Gasteiger partial charge is 0.390 e. The minimum absolute atomic E-state index is 0.0471. The summed E-state index contributed by atoms with van der Waals surface area (Å²) in [7, 11) is 0. The molecule has 1 fully saturated rings. The molecule has 0 bridgehead atoms. The third kappa shape index (κ3) is 8.32. The highest BCUT2D eigenvalue weighted by Gasteiger charge is 2.39. The van der Waals surface area contributed by atoms with Crippen LogP contribution in [0.1, 0.15) is 104 Å². The van der Waals surface area contributed by atoms with Gasteiger partial charge in [-0.3, -0.25) is 0 Å². The molecule has 1 aliphatic heterocycles. The second kappa shape index (κ2) is 15.4. The van der Waals surface area contributed by atoms with Gasteiger partial charge in [0.25, 0.3) is 0 Å². The number of ether oxygens (including phenoxy) is 1. The van der Waals surface area contributed by atoms with Gasteiger partial charge in [-0.25, -0.2) is 0 Å². The van der Waals surface area contributed by atoms with Crippen LogP contribution in [0.15, 0.2) is 72.9 Å². The van der Waals surface area contributed by atoms with Crippen LogP contribution in [0.5, 0.6) is 0 Å². The van der Waals surface area contributed by atoms with Crippen LogP contribution in [0.2, 0.25) is 0 Å². The molecule has 1 saturated heterocycles. The predicted molar refractivity (Wildman–Crippen MR) is 172 cm³/mol. The van der Waals surface area contributed by atoms with Gasteiger partial charge in [0, 0.05) is 37.2 Å². The van der Waals surface area contributed by atoms with Crippen molar-refractivity contribution in [2.45, 2.75) is 104 Å². The van der Waals surface area contributed by atoms with Crippen LogP contribution in [0.4, 0.5) is 5.69 Å². The fraction of sp³-hybridized carbons (Fsp3) is 0.556. The lowest BCUT2D eigenvalue weighted by atomic mass is 9.62. The van der Waals surface area contributed by atoms with E-state index in [9.17, 15) is 5.11 Å². The Morgan fingerprint density at radius 3 is 2.54 bits per heavy atom. The summed E-state index contributed by atoms with van der Waals surface area (Å²) >= 11 is 0. The van der Waals surface area contributed by atoms with Gasteiger partial charge in [-0.15, -0.1) is 6.58 Å². The minimum Gasteiger partial charge on any atom is -0.390 e. The lowest BCUT2D eigenvalue weighted by Crippen LogP contribution is -2.33. The Hall–Kier alpha value is -2.36. The Bertz CT molecular complexity index is 1040. The van der Waals surface area contributed by atoms with Gasteiger partial charge in [0.2, 0.25) is 0 Å². The van der Waals surface area contributed by atoms with Crippen LogP contribution in [0.3, 0.4) is 0 Å². The maximum Gasteiger partial charge on any atom is 0.0657 e. The van der Waals surface area contributed by atoms with E-state index in [4.69, 9.17) is 4.74 Å². The molecular weight excluding hydrogens is 478 g/mol. The third-order valence-corrected chi connectivity index (χ3v) is 8.33. The van der Waals surface area contributed by atoms with Crippen LogP contribution in [0.25, 0.3) is 5.57 Å². The fourth-order valence-electron chi connectivity index (χ4n) is 6.04. The van der Waals surface area contributed by atoms with Gasteiger partial charge >= 0.3 is 0 Å². The molecule has 1 N–H and O–H groups in total. The van der Waals surface area contributed by atoms with E-state index in [1.807, 2.05) is 27.7 Å². The van der Waals surface area contributed by atoms with E-state index in [1.165, 1.54) is 28.0 Å². The summed E-state index contributed by atoms with van der Waals surface area (Å²) in [5, 5.41) is 10.6. The normalized spacial score (nSPS) is 22.8. The van der Waals surface area contributed by atoms with Gasteiger partial charge in [0.05, 0.1) is 12.2 Å². The number of allylic oxidation sites excluding steroid dienone is 6. The number of fused-ring (bicyclic) bond motifs is 1. The first-order chi connectivity index (χ1) is 18.7. The second-order valence-corrected chi connectivity index (χ2v) is 11.2. The van der Waals surface area contributed by atoms with Gasteiger partial charge in [-0.05, 0) is 97.9 Å². The van der Waals surface area contributed by atoms with E-state index in [2.05, 4.69) is 74.9 Å². The molecule has 3 rings (SSSR count). The Morgan fingerprint density at radius 2 is 1.90 bits per heavy atom. The van der Waals surface area contributed by atoms with E-state index in [0.29, 0.717) is 12.8 Å². The molecule has 1 aromatic carbocycles. The van der Waals surface area contributed by atoms with Crippen LogP contribution in [-0.2, 0) is 10.2 Å². The summed E-state index contributed by atoms with van der Waals surface area (Å²) in [6, 6.07) is 7.12. The molecule has 216 valence electrons. The average Bonchev–Trinajstić information content (AvgIpc) is 3.23. The van der Waals surface area contributed by atoms with Crippen molar-refractivity contribution in [3.8, 4) is 0 Å². The van der Waals surface area contributed by atoms with Crippen molar-refractivity contribution in [3.63, 3.8) is 0 Å². The van der Waals surface area contributed by atoms with Crippen LogP contribution < -0.4 is 4.90 Å². The average molecular weight is 534 g/mol. The zero-order valence-corrected chi connectivity index (χ0v) is 25.9. The van der Waals surface area contributed by atoms with Gasteiger partial charge in [0.15, 0.2) is 0 Å². The summed E-state index contributed by atoms with van der Waals surface area (Å²) in [6.07, 6.45) is 14.2. The van der Waals surface area contributed by atoms with Crippen LogP contribution in [0, 0.1) is 0 Å². The molecule has 1 heterocycles. The van der Waals surface area contributed by atoms with E-state index >= 15 is 0 Å². The highest BCUT2D eigenvalue weighted by molar-refractivity contribution is 5.85. The maximum atomic E-state index is 10.6. The number of hydrogen-bond acceptors (Lipinski definition) is 3. The molecular formula is C36H55NO2. The summed E-state index contributed by atoms with van der Waals surface area (Å²) < 4.78 is 5.73. The van der Waals surface area contributed by atoms with Gasteiger partial charge in [0.1, 0.15) is 0 Å². The number of nitrogens with zero attached hydrogens (tertiary/aromatic N) is 1. The second-order valence-electron chi connectivity index (χ2n) is 11.2. The molecule has 0 saturated carbocycles. The smallest absolute Gasteiger partial charge is 0.0657 e. The van der Waals surface area contributed by atoms with Crippen LogP contribution >= 0.6 is 0 Å². The molecule has 1 aromatic rings. The molecule has 3 heteroatoms. The molecule has 0 amide bonds. The Balaban J connectivity index is 0.00000260. The van der Waals surface area contributed by atoms with Crippen molar-refractivity contribution >= 4 is 11.3 Å². The van der Waals surface area contributed by atoms with E-state index < -0.39 is 5.60 Å². The van der Waals surface area contributed by atoms with Crippen molar-refractivity contribution in [3.05, 3.63) is 84.0 Å². The monoisotopic (exact) mass is 533 g/mol. The van der Waals surface area contributed by atoms with Crippen molar-refractivity contribution < 1.29 is 9.84 Å². The zero-order chi connectivity index (χ0) is 29.1. The molecule has 39 heavy (non-hydrogen) atoms. The summed E-state index contributed by atoms with van der Waals surface area (Å²) in [6.45, 7) is 28.7. The summed E-state index contributed by atoms with van der Waals surface area (Å²) in [4.78, 5) is 2.49. The third-order valence-electron chi connectivity index (χ3n) is 8.33. The zero-order valence-electron chi connectivity index (χ0n) is 25.9. The number of benzene rings is 1. The Morgan fingerprint density at radius 1 is 1.15 bits per heavy atom. The minimum atomic E-state index is -0.758. The summed E-state index contributed by atoms with van der Waals surface area (Å²) in [5.74, 6) is 0. The SMILES string of the molecule is C=CCCC1(CCC)CC(=C/C(=C)C(=C)CC(C)(O)CC)/C(=C\C)c2ccc(N3CCCOCC3)cc21.CC. The van der Waals surface area contributed by atoms with Gasteiger partial charge in [-0.2, -0.15) is 0 Å². The summed E-state index contributed by atoms with van der Waals surface area (Å²) in [5.41, 5.74) is 7.86. The molecule has 2 atom stereocenters. The maximum absolute atomic E-state index is 10.6. The number of anilines is 1. The molecule has 0 radical (unpaired) electrons. The highest BCUT2D eigenvalue weighted by atomic mass is 16.5. The van der Waals surface area contributed by atoms with E-state index in [-0.39, 0.29) is 5.41 Å². The molecule has 0 aromatic heterocycles. The van der Waals surface area contributed by atoms with Crippen molar-refractivity contribution in [2.24, 2.45) is 0 Å². The van der Waals surface area contributed by atoms with Crippen molar-refractivity contribution in [1.29, 1.82) is 0 Å². The van der Waals surface area contributed by atoms with Crippen molar-refractivity contribution in [1.82, 2.24) is 0 Å². The number of hydrogen-bond donors (Lipinski definition) is 1. The number of rotatable bonds is 11. The first kappa shape index (κ1) is 32.8. The molecule has 2 aliphatic rings. The van der Waals surface area contributed by atoms with Crippen LogP contribution in [-0.4, -0.2) is 37.0 Å². The Kier molecular flexibility index (Phi) is 13.0. The predicted octanol–water partition coefficient (Wildman–Crippen LogP) is 9.34. The van der Waals surface area contributed by atoms with E-state index in [1.54, 1.807) is 0 Å². The first-order valence-electron chi connectivity index (χ1n) is 15.3. The van der Waals surface area contributed by atoms with Gasteiger partial charge in [-0.1, -0.05) is 71.6 Å². The van der Waals surface area contributed by atoms with E-state index in [0.717, 1.165) is 76.0 Å².